The number of nitrogens with zero attached hydrogens (tertiary/aromatic N) is 1. The lowest BCUT2D eigenvalue weighted by atomic mass is 10.1. The van der Waals surface area contributed by atoms with Crippen molar-refractivity contribution in [3.05, 3.63) is 69.3 Å². The van der Waals surface area contributed by atoms with Crippen LogP contribution < -0.4 is 5.32 Å². The molecular formula is C17H18N2O3S. The quantitative estimate of drug-likeness (QED) is 0.379. The van der Waals surface area contributed by atoms with E-state index in [0.717, 1.165) is 10.6 Å². The van der Waals surface area contributed by atoms with Crippen LogP contribution in [0.3, 0.4) is 0 Å². The van der Waals surface area contributed by atoms with E-state index in [4.69, 9.17) is 0 Å². The van der Waals surface area contributed by atoms with Crippen LogP contribution >= 0.6 is 11.8 Å². The van der Waals surface area contributed by atoms with E-state index < -0.39 is 4.92 Å². The van der Waals surface area contributed by atoms with E-state index in [-0.39, 0.29) is 11.6 Å². The molecule has 6 heteroatoms. The topological polar surface area (TPSA) is 72.2 Å². The first-order chi connectivity index (χ1) is 11.0. The average Bonchev–Trinajstić information content (AvgIpc) is 2.53. The Hall–Kier alpha value is -2.34. The van der Waals surface area contributed by atoms with Gasteiger partial charge in [0.15, 0.2) is 0 Å². The van der Waals surface area contributed by atoms with Crippen molar-refractivity contribution in [3.63, 3.8) is 0 Å². The van der Waals surface area contributed by atoms with Gasteiger partial charge in [0.05, 0.1) is 4.92 Å². The van der Waals surface area contributed by atoms with Gasteiger partial charge in [-0.3, -0.25) is 14.9 Å². The van der Waals surface area contributed by atoms with E-state index in [1.807, 2.05) is 31.2 Å². The lowest BCUT2D eigenvalue weighted by molar-refractivity contribution is -0.385. The highest BCUT2D eigenvalue weighted by atomic mass is 32.2. The van der Waals surface area contributed by atoms with Crippen molar-refractivity contribution in [2.45, 2.75) is 18.7 Å². The van der Waals surface area contributed by atoms with Gasteiger partial charge in [0, 0.05) is 34.4 Å². The highest BCUT2D eigenvalue weighted by Crippen LogP contribution is 2.21. The molecule has 0 bridgehead atoms. The summed E-state index contributed by atoms with van der Waals surface area (Å²) in [6.45, 7) is 4.13. The summed E-state index contributed by atoms with van der Waals surface area (Å²) in [7, 11) is 0. The Bertz CT molecular complexity index is 714. The van der Waals surface area contributed by atoms with Crippen molar-refractivity contribution in [1.82, 2.24) is 5.32 Å². The number of nitro benzene ring substituents is 1. The molecule has 0 radical (unpaired) electrons. The van der Waals surface area contributed by atoms with E-state index in [0.29, 0.717) is 17.7 Å². The first kappa shape index (κ1) is 17.0. The van der Waals surface area contributed by atoms with Crippen LogP contribution in [0.25, 0.3) is 0 Å². The monoisotopic (exact) mass is 330 g/mol. The third-order valence-electron chi connectivity index (χ3n) is 3.42. The molecule has 2 aromatic carbocycles. The van der Waals surface area contributed by atoms with E-state index in [1.165, 1.54) is 17.7 Å². The van der Waals surface area contributed by atoms with Gasteiger partial charge in [-0.1, -0.05) is 23.8 Å². The first-order valence-electron chi connectivity index (χ1n) is 7.20. The number of rotatable bonds is 6. The molecule has 0 saturated heterocycles. The number of thioether (sulfide) groups is 1. The number of hydrogen-bond donors (Lipinski definition) is 1. The number of nitro groups is 1. The van der Waals surface area contributed by atoms with Crippen LogP contribution in [0.15, 0.2) is 47.4 Å². The summed E-state index contributed by atoms with van der Waals surface area (Å²) < 4.78 is 0. The van der Waals surface area contributed by atoms with Gasteiger partial charge in [-0.05, 0) is 32.0 Å². The smallest absolute Gasteiger partial charge is 0.273 e. The predicted octanol–water partition coefficient (Wildman–Crippen LogP) is 3.73. The number of aryl methyl sites for hydroxylation is 1. The maximum absolute atomic E-state index is 12.2. The summed E-state index contributed by atoms with van der Waals surface area (Å²) in [4.78, 5) is 23.7. The van der Waals surface area contributed by atoms with Gasteiger partial charge in [-0.25, -0.2) is 0 Å². The number of benzene rings is 2. The Labute approximate surface area is 139 Å². The van der Waals surface area contributed by atoms with Crippen molar-refractivity contribution >= 4 is 23.4 Å². The van der Waals surface area contributed by atoms with Crippen molar-refractivity contribution in [3.8, 4) is 0 Å². The Morgan fingerprint density at radius 3 is 2.52 bits per heavy atom. The van der Waals surface area contributed by atoms with E-state index in [9.17, 15) is 14.9 Å². The number of carbonyl (C=O) groups excluding carboxylic acids is 1. The second kappa shape index (κ2) is 7.78. The zero-order valence-electron chi connectivity index (χ0n) is 13.0. The summed E-state index contributed by atoms with van der Waals surface area (Å²) in [5.41, 5.74) is 1.91. The van der Waals surface area contributed by atoms with Gasteiger partial charge < -0.3 is 5.32 Å². The predicted molar refractivity (Wildman–Crippen MR) is 92.1 cm³/mol. The van der Waals surface area contributed by atoms with E-state index in [2.05, 4.69) is 5.32 Å². The summed E-state index contributed by atoms with van der Waals surface area (Å²) in [5, 5.41) is 13.7. The van der Waals surface area contributed by atoms with E-state index >= 15 is 0 Å². The van der Waals surface area contributed by atoms with E-state index in [1.54, 1.807) is 24.8 Å². The van der Waals surface area contributed by atoms with Gasteiger partial charge in [-0.15, -0.1) is 11.8 Å². The molecule has 0 heterocycles. The fourth-order valence-electron chi connectivity index (χ4n) is 2.13. The van der Waals surface area contributed by atoms with Crippen molar-refractivity contribution < 1.29 is 9.72 Å². The van der Waals surface area contributed by atoms with Crippen LogP contribution in [-0.4, -0.2) is 23.1 Å². The minimum Gasteiger partial charge on any atom is -0.351 e. The number of hydrogen-bond acceptors (Lipinski definition) is 4. The number of nitrogens with one attached hydrogen (secondary N) is 1. The summed E-state index contributed by atoms with van der Waals surface area (Å²) in [5.74, 6) is 0.457. The maximum Gasteiger partial charge on any atom is 0.273 e. The Kier molecular flexibility index (Phi) is 5.76. The SMILES string of the molecule is Cc1ccc(SCCNC(=O)c2cccc([N+](=O)[O-])c2C)cc1. The Balaban J connectivity index is 1.89. The third-order valence-corrected chi connectivity index (χ3v) is 4.44. The van der Waals surface area contributed by atoms with Crippen molar-refractivity contribution in [2.75, 3.05) is 12.3 Å². The molecule has 0 aliphatic rings. The molecule has 23 heavy (non-hydrogen) atoms. The molecule has 5 nitrogen and oxygen atoms in total. The molecule has 0 spiro atoms. The van der Waals surface area contributed by atoms with Crippen molar-refractivity contribution in [2.24, 2.45) is 0 Å². The van der Waals surface area contributed by atoms with Gasteiger partial charge in [0.2, 0.25) is 0 Å². The Morgan fingerprint density at radius 2 is 1.87 bits per heavy atom. The van der Waals surface area contributed by atoms with Crippen LogP contribution in [-0.2, 0) is 0 Å². The minimum atomic E-state index is -0.473. The van der Waals surface area contributed by atoms with Crippen molar-refractivity contribution in [1.29, 1.82) is 0 Å². The largest absolute Gasteiger partial charge is 0.351 e. The maximum atomic E-state index is 12.2. The van der Waals surface area contributed by atoms with Crippen LogP contribution in [0, 0.1) is 24.0 Å². The van der Waals surface area contributed by atoms with Gasteiger partial charge >= 0.3 is 0 Å². The minimum absolute atomic E-state index is 0.0355. The van der Waals surface area contributed by atoms with Gasteiger partial charge in [0.1, 0.15) is 0 Å². The highest BCUT2D eigenvalue weighted by molar-refractivity contribution is 7.99. The molecule has 120 valence electrons. The molecule has 0 fully saturated rings. The lowest BCUT2D eigenvalue weighted by Gasteiger charge is -2.08. The summed E-state index contributed by atoms with van der Waals surface area (Å²) >= 11 is 1.66. The molecule has 0 atom stereocenters. The highest BCUT2D eigenvalue weighted by Gasteiger charge is 2.17. The number of amides is 1. The molecule has 0 aliphatic heterocycles. The normalized spacial score (nSPS) is 10.3. The van der Waals surface area contributed by atoms with Crippen LogP contribution in [0.1, 0.15) is 21.5 Å². The fraction of sp³-hybridized carbons (Fsp3) is 0.235. The Morgan fingerprint density at radius 1 is 1.17 bits per heavy atom. The standard InChI is InChI=1S/C17H18N2O3S/c1-12-6-8-14(9-7-12)23-11-10-18-17(20)15-4-3-5-16(13(15)2)19(21)22/h3-9H,10-11H2,1-2H3,(H,18,20). The van der Waals surface area contributed by atoms with Gasteiger partial charge in [0.25, 0.3) is 11.6 Å². The second-order valence-electron chi connectivity index (χ2n) is 5.12. The van der Waals surface area contributed by atoms with Crippen LogP contribution in [0.2, 0.25) is 0 Å². The summed E-state index contributed by atoms with van der Waals surface area (Å²) in [6.07, 6.45) is 0. The molecular weight excluding hydrogens is 312 g/mol. The zero-order chi connectivity index (χ0) is 16.8. The molecule has 2 aromatic rings. The average molecular weight is 330 g/mol. The molecule has 0 aliphatic carbocycles. The lowest BCUT2D eigenvalue weighted by Crippen LogP contribution is -2.26. The summed E-state index contributed by atoms with van der Waals surface area (Å²) in [6, 6.07) is 12.7. The molecule has 0 saturated carbocycles. The van der Waals surface area contributed by atoms with Gasteiger partial charge in [-0.2, -0.15) is 0 Å². The zero-order valence-corrected chi connectivity index (χ0v) is 13.9. The molecule has 1 amide bonds. The molecule has 0 aromatic heterocycles. The van der Waals surface area contributed by atoms with Crippen LogP contribution in [0.4, 0.5) is 5.69 Å². The molecule has 2 rings (SSSR count). The third kappa shape index (κ3) is 4.56. The molecule has 0 unspecified atom stereocenters. The molecule has 1 N–H and O–H groups in total. The second-order valence-corrected chi connectivity index (χ2v) is 6.29. The van der Waals surface area contributed by atoms with Crippen LogP contribution in [0.5, 0.6) is 0 Å². The number of carbonyl (C=O) groups is 1. The fourth-order valence-corrected chi connectivity index (χ4v) is 2.90. The first-order valence-corrected chi connectivity index (χ1v) is 8.19.